The Morgan fingerprint density at radius 1 is 1.25 bits per heavy atom. The number of carbonyl (C=O) groups is 1. The van der Waals surface area contributed by atoms with Gasteiger partial charge in [-0.05, 0) is 31.6 Å². The minimum atomic E-state index is -0.627. The zero-order valence-electron chi connectivity index (χ0n) is 11.9. The summed E-state index contributed by atoms with van der Waals surface area (Å²) in [5, 5.41) is 18.8. The van der Waals surface area contributed by atoms with Crippen molar-refractivity contribution in [3.63, 3.8) is 0 Å². The van der Waals surface area contributed by atoms with Crippen LogP contribution >= 0.6 is 0 Å². The lowest BCUT2D eigenvalue weighted by Crippen LogP contribution is -2.33. The van der Waals surface area contributed by atoms with Gasteiger partial charge >= 0.3 is 5.97 Å². The molecule has 1 saturated carbocycles. The summed E-state index contributed by atoms with van der Waals surface area (Å²) in [5.41, 5.74) is 1.68. The highest BCUT2D eigenvalue weighted by atomic mass is 16.5. The van der Waals surface area contributed by atoms with E-state index >= 15 is 0 Å². The predicted molar refractivity (Wildman–Crippen MR) is 73.1 cm³/mol. The number of hydrogen-bond acceptors (Lipinski definition) is 4. The molecular weight excluding hydrogens is 252 g/mol. The van der Waals surface area contributed by atoms with Gasteiger partial charge in [0.2, 0.25) is 0 Å². The van der Waals surface area contributed by atoms with Crippen LogP contribution in [0.1, 0.15) is 44.9 Å². The third kappa shape index (κ3) is 2.70. The molecule has 3 unspecified atom stereocenters. The molecular formula is C16H20N2O2. The molecule has 0 aromatic rings. The highest BCUT2D eigenvalue weighted by molar-refractivity contribution is 5.74. The number of nitrogens with zero attached hydrogens (tertiary/aromatic N) is 2. The molecule has 0 amide bonds. The van der Waals surface area contributed by atoms with Gasteiger partial charge in [-0.15, -0.1) is 0 Å². The fourth-order valence-electron chi connectivity index (χ4n) is 3.58. The number of nitriles is 2. The first kappa shape index (κ1) is 14.6. The molecule has 20 heavy (non-hydrogen) atoms. The monoisotopic (exact) mass is 272 g/mol. The summed E-state index contributed by atoms with van der Waals surface area (Å²) in [6, 6.07) is 4.37. The molecule has 0 bridgehead atoms. The lowest BCUT2D eigenvalue weighted by Gasteiger charge is -2.34. The lowest BCUT2D eigenvalue weighted by atomic mass is 9.67. The molecule has 0 spiro atoms. The van der Waals surface area contributed by atoms with Gasteiger partial charge in [-0.1, -0.05) is 24.8 Å². The number of esters is 1. The summed E-state index contributed by atoms with van der Waals surface area (Å²) in [6.07, 6.45) is 7.20. The molecule has 2 aliphatic rings. The van der Waals surface area contributed by atoms with E-state index in [1.165, 1.54) is 20.0 Å². The van der Waals surface area contributed by atoms with Crippen molar-refractivity contribution in [3.05, 3.63) is 11.1 Å². The molecule has 0 saturated heterocycles. The van der Waals surface area contributed by atoms with Crippen LogP contribution in [-0.4, -0.2) is 13.1 Å². The standard InChI is InChI=1S/C16H20N2O2/c1-20-16(19)13-8-11-6-4-2-3-5-7-12(11)14(9-17)15(13)10-18/h11,13,15H,2-8H2,1H3. The maximum Gasteiger partial charge on any atom is 0.310 e. The van der Waals surface area contributed by atoms with Crippen molar-refractivity contribution < 1.29 is 9.53 Å². The van der Waals surface area contributed by atoms with Gasteiger partial charge in [0.05, 0.1) is 31.1 Å². The first-order chi connectivity index (χ1) is 9.72. The summed E-state index contributed by atoms with van der Waals surface area (Å²) in [6.45, 7) is 0. The van der Waals surface area contributed by atoms with Gasteiger partial charge in [0, 0.05) is 5.57 Å². The molecule has 0 aliphatic heterocycles. The van der Waals surface area contributed by atoms with Crippen molar-refractivity contribution in [2.75, 3.05) is 7.11 Å². The average molecular weight is 272 g/mol. The molecule has 106 valence electrons. The van der Waals surface area contributed by atoms with E-state index in [2.05, 4.69) is 12.1 Å². The van der Waals surface area contributed by atoms with Crippen molar-refractivity contribution in [3.8, 4) is 12.1 Å². The number of carbonyl (C=O) groups excluding carboxylic acids is 1. The number of fused-ring (bicyclic) bond motifs is 1. The van der Waals surface area contributed by atoms with E-state index in [4.69, 9.17) is 4.74 Å². The van der Waals surface area contributed by atoms with Crippen LogP contribution in [0, 0.1) is 40.4 Å². The van der Waals surface area contributed by atoms with E-state index in [-0.39, 0.29) is 11.9 Å². The summed E-state index contributed by atoms with van der Waals surface area (Å²) in [4.78, 5) is 11.9. The topological polar surface area (TPSA) is 73.9 Å². The highest BCUT2D eigenvalue weighted by Gasteiger charge is 2.41. The van der Waals surface area contributed by atoms with Crippen molar-refractivity contribution in [1.82, 2.24) is 0 Å². The van der Waals surface area contributed by atoms with Crippen LogP contribution in [0.25, 0.3) is 0 Å². The maximum absolute atomic E-state index is 11.9. The van der Waals surface area contributed by atoms with Gasteiger partial charge in [-0.2, -0.15) is 10.5 Å². The first-order valence-corrected chi connectivity index (χ1v) is 7.33. The predicted octanol–water partition coefficient (Wildman–Crippen LogP) is 3.11. The number of allylic oxidation sites excluding steroid dienone is 2. The second-order valence-corrected chi connectivity index (χ2v) is 5.67. The van der Waals surface area contributed by atoms with Gasteiger partial charge in [0.15, 0.2) is 0 Å². The Hall–Kier alpha value is -1.81. The average Bonchev–Trinajstić information content (AvgIpc) is 2.45. The van der Waals surface area contributed by atoms with Crippen LogP contribution in [0.2, 0.25) is 0 Å². The van der Waals surface area contributed by atoms with E-state index in [0.717, 1.165) is 31.3 Å². The molecule has 0 N–H and O–H groups in total. The quantitative estimate of drug-likeness (QED) is 0.687. The van der Waals surface area contributed by atoms with Crippen LogP contribution in [0.5, 0.6) is 0 Å². The molecule has 0 aromatic carbocycles. The van der Waals surface area contributed by atoms with E-state index in [1.54, 1.807) is 0 Å². The molecule has 0 heterocycles. The van der Waals surface area contributed by atoms with Crippen molar-refractivity contribution >= 4 is 5.97 Å². The molecule has 0 aromatic heterocycles. The summed E-state index contributed by atoms with van der Waals surface area (Å²) in [7, 11) is 1.35. The van der Waals surface area contributed by atoms with Gasteiger partial charge < -0.3 is 4.74 Å². The highest BCUT2D eigenvalue weighted by Crippen LogP contribution is 2.43. The van der Waals surface area contributed by atoms with Gasteiger partial charge in [-0.3, -0.25) is 4.79 Å². The SMILES string of the molecule is COC(=O)C1CC2CCCCCCC2=C(C#N)C1C#N. The van der Waals surface area contributed by atoms with Gasteiger partial charge in [0.1, 0.15) is 0 Å². The number of ether oxygens (including phenoxy) is 1. The molecule has 2 aliphatic carbocycles. The molecule has 4 nitrogen and oxygen atoms in total. The third-order valence-electron chi connectivity index (χ3n) is 4.60. The Labute approximate surface area is 120 Å². The summed E-state index contributed by atoms with van der Waals surface area (Å²) < 4.78 is 4.83. The van der Waals surface area contributed by atoms with Crippen LogP contribution in [0.3, 0.4) is 0 Å². The third-order valence-corrected chi connectivity index (χ3v) is 4.60. The molecule has 1 fully saturated rings. The van der Waals surface area contributed by atoms with E-state index in [0.29, 0.717) is 12.0 Å². The Kier molecular flexibility index (Phi) is 4.79. The van der Waals surface area contributed by atoms with Gasteiger partial charge in [-0.25, -0.2) is 0 Å². The Morgan fingerprint density at radius 2 is 2.00 bits per heavy atom. The van der Waals surface area contributed by atoms with E-state index in [9.17, 15) is 15.3 Å². The largest absolute Gasteiger partial charge is 0.469 e. The Morgan fingerprint density at radius 3 is 2.65 bits per heavy atom. The Bertz CT molecular complexity index is 496. The zero-order chi connectivity index (χ0) is 14.5. The number of methoxy groups -OCH3 is 1. The minimum absolute atomic E-state index is 0.277. The summed E-state index contributed by atoms with van der Waals surface area (Å²) in [5.74, 6) is -1.19. The van der Waals surface area contributed by atoms with E-state index < -0.39 is 11.8 Å². The lowest BCUT2D eigenvalue weighted by molar-refractivity contribution is -0.147. The zero-order valence-corrected chi connectivity index (χ0v) is 11.9. The van der Waals surface area contributed by atoms with Crippen LogP contribution in [-0.2, 0) is 9.53 Å². The first-order valence-electron chi connectivity index (χ1n) is 7.33. The minimum Gasteiger partial charge on any atom is -0.469 e. The van der Waals surface area contributed by atoms with Crippen molar-refractivity contribution in [2.24, 2.45) is 17.8 Å². The summed E-state index contributed by atoms with van der Waals surface area (Å²) >= 11 is 0. The second-order valence-electron chi connectivity index (χ2n) is 5.67. The van der Waals surface area contributed by atoms with Gasteiger partial charge in [0.25, 0.3) is 0 Å². The fourth-order valence-corrected chi connectivity index (χ4v) is 3.58. The van der Waals surface area contributed by atoms with Crippen molar-refractivity contribution in [2.45, 2.75) is 44.9 Å². The molecule has 4 heteroatoms. The second kappa shape index (κ2) is 6.57. The smallest absolute Gasteiger partial charge is 0.310 e. The van der Waals surface area contributed by atoms with E-state index in [1.807, 2.05) is 0 Å². The molecule has 3 atom stereocenters. The number of rotatable bonds is 1. The van der Waals surface area contributed by atoms with Crippen LogP contribution in [0.15, 0.2) is 11.1 Å². The number of hydrogen-bond donors (Lipinski definition) is 0. The van der Waals surface area contributed by atoms with Crippen LogP contribution in [0.4, 0.5) is 0 Å². The molecule has 2 rings (SSSR count). The normalized spacial score (nSPS) is 30.2. The fraction of sp³-hybridized carbons (Fsp3) is 0.688. The maximum atomic E-state index is 11.9. The van der Waals surface area contributed by atoms with Crippen molar-refractivity contribution in [1.29, 1.82) is 10.5 Å². The Balaban J connectivity index is 2.40. The van der Waals surface area contributed by atoms with Crippen LogP contribution < -0.4 is 0 Å². The molecule has 0 radical (unpaired) electrons.